The number of terminal acetylenes is 1. The molecule has 0 heterocycles. The average Bonchev–Trinajstić information content (AvgIpc) is 2.75. The van der Waals surface area contributed by atoms with Crippen LogP contribution in [0.2, 0.25) is 0 Å². The van der Waals surface area contributed by atoms with Gasteiger partial charge in [0.2, 0.25) is 5.78 Å². The molecule has 0 aromatic carbocycles. The van der Waals surface area contributed by atoms with Gasteiger partial charge < -0.3 is 0 Å². The Labute approximate surface area is 84.9 Å². The fourth-order valence-corrected chi connectivity index (χ4v) is 1.00. The first-order chi connectivity index (χ1) is 6.86. The highest BCUT2D eigenvalue weighted by molar-refractivity contribution is 5.92. The number of Topliss-reactive ketones (excluding diaryl/α,β-unsaturated/α-hetero) is 1. The van der Waals surface area contributed by atoms with Gasteiger partial charge in [-0.25, -0.2) is 0 Å². The zero-order valence-electron chi connectivity index (χ0n) is 7.85. The second kappa shape index (κ2) is 3.77. The van der Waals surface area contributed by atoms with Gasteiger partial charge in [-0.3, -0.25) is 4.79 Å². The van der Waals surface area contributed by atoms with E-state index in [1.54, 1.807) is 0 Å². The number of hydrogen-bond donors (Lipinski definition) is 0. The van der Waals surface area contributed by atoms with Crippen molar-refractivity contribution < 1.29 is 18.0 Å². The van der Waals surface area contributed by atoms with Crippen LogP contribution in [0.25, 0.3) is 11.1 Å². The summed E-state index contributed by atoms with van der Waals surface area (Å²) in [5.74, 6) is 1.67. The fourth-order valence-electron chi connectivity index (χ4n) is 1.00. The molecule has 2 aliphatic carbocycles. The summed E-state index contributed by atoms with van der Waals surface area (Å²) in [6.07, 6.45) is 0.406. The second-order valence-electron chi connectivity index (χ2n) is 2.96. The Kier molecular flexibility index (Phi) is 2.85. The summed E-state index contributed by atoms with van der Waals surface area (Å²) in [5.41, 5.74) is 0.599. The molecule has 15 heavy (non-hydrogen) atoms. The second-order valence-corrected chi connectivity index (χ2v) is 2.96. The molecule has 0 aromatic rings. The molecule has 0 amide bonds. The highest BCUT2D eigenvalue weighted by atomic mass is 19.4. The van der Waals surface area contributed by atoms with Gasteiger partial charge in [-0.2, -0.15) is 13.2 Å². The molecule has 0 saturated heterocycles. The lowest BCUT2D eigenvalue weighted by Crippen LogP contribution is -2.02. The quantitative estimate of drug-likeness (QED) is 0.484. The molecule has 2 rings (SSSR count). The van der Waals surface area contributed by atoms with Gasteiger partial charge in [-0.05, 0) is 29.2 Å². The molecule has 2 aliphatic rings. The molecule has 0 unspecified atom stereocenters. The van der Waals surface area contributed by atoms with Crippen LogP contribution in [0.3, 0.4) is 0 Å². The molecule has 0 bridgehead atoms. The first-order valence-corrected chi connectivity index (χ1v) is 4.05. The predicted octanol–water partition coefficient (Wildman–Crippen LogP) is 2.89. The van der Waals surface area contributed by atoms with E-state index in [1.807, 2.05) is 5.92 Å². The number of carbonyl (C=O) groups is 1. The van der Waals surface area contributed by atoms with Crippen LogP contribution in [0, 0.1) is 12.3 Å². The van der Waals surface area contributed by atoms with Crippen molar-refractivity contribution >= 4 is 5.78 Å². The lowest BCUT2D eigenvalue weighted by atomic mass is 10.3. The van der Waals surface area contributed by atoms with Crippen molar-refractivity contribution in [3.05, 3.63) is 23.8 Å². The van der Waals surface area contributed by atoms with Gasteiger partial charge in [0, 0.05) is 6.92 Å². The molecule has 78 valence electrons. The van der Waals surface area contributed by atoms with Crippen molar-refractivity contribution in [3.63, 3.8) is 0 Å². The van der Waals surface area contributed by atoms with Gasteiger partial charge in [0.25, 0.3) is 0 Å². The molecule has 0 atom stereocenters. The third-order valence-corrected chi connectivity index (χ3v) is 1.76. The van der Waals surface area contributed by atoms with E-state index in [2.05, 4.69) is 6.42 Å². The summed E-state index contributed by atoms with van der Waals surface area (Å²) >= 11 is 0. The number of carbonyl (C=O) groups excluding carboxylic acids is 1. The number of benzene rings is 1. The Hall–Kier alpha value is -1.76. The van der Waals surface area contributed by atoms with Gasteiger partial charge in [0.1, 0.15) is 0 Å². The monoisotopic (exact) mass is 212 g/mol. The standard InChI is InChI=1S/C7H3F3.C4H4O/c8-7(9,10)6-2-1-4-3-5(4)6;1-3-4(2)5/h1-3H;1H,2H3. The molecule has 0 aliphatic heterocycles. The van der Waals surface area contributed by atoms with Crippen LogP contribution >= 0.6 is 0 Å². The largest absolute Gasteiger partial charge is 0.417 e. The van der Waals surface area contributed by atoms with E-state index in [4.69, 9.17) is 0 Å². The predicted molar refractivity (Wildman–Crippen MR) is 50.0 cm³/mol. The zero-order chi connectivity index (χ0) is 11.6. The van der Waals surface area contributed by atoms with Crippen LogP contribution in [0.5, 0.6) is 0 Å². The van der Waals surface area contributed by atoms with E-state index in [-0.39, 0.29) is 5.78 Å². The average molecular weight is 212 g/mol. The van der Waals surface area contributed by atoms with E-state index in [1.165, 1.54) is 19.1 Å². The SMILES string of the molecule is C#CC(C)=O.FC(F)(F)c1ccc2cc1-2. The van der Waals surface area contributed by atoms with Crippen molar-refractivity contribution in [3.8, 4) is 23.5 Å². The van der Waals surface area contributed by atoms with Gasteiger partial charge >= 0.3 is 6.18 Å². The lowest BCUT2D eigenvalue weighted by molar-refractivity contribution is -0.136. The minimum absolute atomic E-state index is 0.218. The molecule has 0 radical (unpaired) electrons. The summed E-state index contributed by atoms with van der Waals surface area (Å²) in [7, 11) is 0. The Morgan fingerprint density at radius 1 is 1.40 bits per heavy atom. The molecule has 1 nitrogen and oxygen atoms in total. The fraction of sp³-hybridized carbons (Fsp3) is 0.182. The number of hydrogen-bond acceptors (Lipinski definition) is 1. The minimum atomic E-state index is -4.17. The van der Waals surface area contributed by atoms with E-state index in [9.17, 15) is 18.0 Å². The van der Waals surface area contributed by atoms with E-state index >= 15 is 0 Å². The summed E-state index contributed by atoms with van der Waals surface area (Å²) < 4.78 is 35.7. The summed E-state index contributed by atoms with van der Waals surface area (Å²) in [4.78, 5) is 9.58. The maximum atomic E-state index is 11.9. The normalized spacial score (nSPS) is 10.9. The Balaban J connectivity index is 0.000000195. The summed E-state index contributed by atoms with van der Waals surface area (Å²) in [5, 5.41) is 0. The molecule has 0 spiro atoms. The van der Waals surface area contributed by atoms with Crippen molar-refractivity contribution in [2.24, 2.45) is 0 Å². The number of alkyl halides is 3. The molecular weight excluding hydrogens is 205 g/mol. The number of halogens is 3. The first kappa shape index (κ1) is 11.3. The molecule has 0 N–H and O–H groups in total. The van der Waals surface area contributed by atoms with Gasteiger partial charge in [0.05, 0.1) is 5.56 Å². The smallest absolute Gasteiger partial charge is 0.285 e. The maximum Gasteiger partial charge on any atom is 0.417 e. The van der Waals surface area contributed by atoms with Crippen molar-refractivity contribution in [1.29, 1.82) is 0 Å². The molecule has 0 aromatic heterocycles. The van der Waals surface area contributed by atoms with Gasteiger partial charge in [0.15, 0.2) is 0 Å². The van der Waals surface area contributed by atoms with Crippen LogP contribution in [0.15, 0.2) is 18.2 Å². The first-order valence-electron chi connectivity index (χ1n) is 4.05. The highest BCUT2D eigenvalue weighted by Gasteiger charge is 2.37. The van der Waals surface area contributed by atoms with Crippen molar-refractivity contribution in [2.75, 3.05) is 0 Å². The molecule has 0 saturated carbocycles. The van der Waals surface area contributed by atoms with E-state index in [0.717, 1.165) is 11.6 Å². The Morgan fingerprint density at radius 3 is 2.07 bits per heavy atom. The van der Waals surface area contributed by atoms with Crippen LogP contribution in [-0.2, 0) is 11.0 Å². The van der Waals surface area contributed by atoms with Crippen LogP contribution in [0.1, 0.15) is 12.5 Å². The molecule has 0 fully saturated rings. The van der Waals surface area contributed by atoms with Gasteiger partial charge in [-0.1, -0.05) is 6.07 Å². The Morgan fingerprint density at radius 2 is 1.93 bits per heavy atom. The Bertz CT molecular complexity index is 438. The number of rotatable bonds is 0. The van der Waals surface area contributed by atoms with Crippen LogP contribution < -0.4 is 0 Å². The zero-order valence-corrected chi connectivity index (χ0v) is 7.85. The van der Waals surface area contributed by atoms with Crippen LogP contribution in [-0.4, -0.2) is 5.78 Å². The lowest BCUT2D eigenvalue weighted by Gasteiger charge is -2.01. The van der Waals surface area contributed by atoms with Crippen molar-refractivity contribution in [2.45, 2.75) is 13.1 Å². The summed E-state index contributed by atoms with van der Waals surface area (Å²) in [6.45, 7) is 1.35. The number of ketones is 1. The highest BCUT2D eigenvalue weighted by Crippen LogP contribution is 2.45. The van der Waals surface area contributed by atoms with Crippen LogP contribution in [0.4, 0.5) is 13.2 Å². The van der Waals surface area contributed by atoms with E-state index < -0.39 is 11.7 Å². The molecular formula is C11H7F3O. The maximum absolute atomic E-state index is 11.9. The minimum Gasteiger partial charge on any atom is -0.285 e. The summed E-state index contributed by atoms with van der Waals surface area (Å²) in [6, 6.07) is 4.13. The third kappa shape index (κ3) is 2.84. The van der Waals surface area contributed by atoms with Gasteiger partial charge in [-0.15, -0.1) is 6.42 Å². The topological polar surface area (TPSA) is 17.1 Å². The van der Waals surface area contributed by atoms with Crippen molar-refractivity contribution in [1.82, 2.24) is 0 Å². The number of fused-ring (bicyclic) bond motifs is 1. The molecule has 4 heteroatoms. The third-order valence-electron chi connectivity index (χ3n) is 1.76. The van der Waals surface area contributed by atoms with E-state index in [0.29, 0.717) is 5.56 Å².